The fraction of sp³-hybridized carbons (Fsp3) is 0.526. The van der Waals surface area contributed by atoms with Gasteiger partial charge >= 0.3 is 0 Å². The van der Waals surface area contributed by atoms with Crippen LogP contribution in [0, 0.1) is 5.92 Å². The summed E-state index contributed by atoms with van der Waals surface area (Å²) in [4.78, 5) is 17.1. The van der Waals surface area contributed by atoms with Crippen LogP contribution in [0.15, 0.2) is 28.7 Å². The Morgan fingerprint density at radius 1 is 1.42 bits per heavy atom. The molecule has 0 radical (unpaired) electrons. The van der Waals surface area contributed by atoms with Crippen LogP contribution < -0.4 is 5.73 Å². The molecule has 24 heavy (non-hydrogen) atoms. The lowest BCUT2D eigenvalue weighted by molar-refractivity contribution is 0.0629. The van der Waals surface area contributed by atoms with Crippen LogP contribution in [0.1, 0.15) is 35.9 Å². The molecule has 0 aliphatic carbocycles. The minimum atomic E-state index is -0.00611. The van der Waals surface area contributed by atoms with Gasteiger partial charge in [-0.1, -0.05) is 18.2 Å². The molecule has 2 heterocycles. The van der Waals surface area contributed by atoms with Crippen LogP contribution in [0.4, 0.5) is 0 Å². The van der Waals surface area contributed by atoms with E-state index in [9.17, 15) is 4.79 Å². The first kappa shape index (κ1) is 17.0. The van der Waals surface area contributed by atoms with E-state index in [1.807, 2.05) is 50.2 Å². The van der Waals surface area contributed by atoms with E-state index in [1.165, 1.54) is 0 Å². The number of furan rings is 1. The first-order valence-corrected chi connectivity index (χ1v) is 8.67. The van der Waals surface area contributed by atoms with Gasteiger partial charge < -0.3 is 20.0 Å². The molecular weight excluding hydrogens is 302 g/mol. The lowest BCUT2D eigenvalue weighted by Crippen LogP contribution is -2.45. The number of carbonyl (C=O) groups excluding carboxylic acids is 1. The van der Waals surface area contributed by atoms with E-state index in [-0.39, 0.29) is 11.9 Å². The van der Waals surface area contributed by atoms with Crippen molar-refractivity contribution in [1.29, 1.82) is 0 Å². The minimum Gasteiger partial charge on any atom is -0.451 e. The molecule has 3 rings (SSSR count). The highest BCUT2D eigenvalue weighted by atomic mass is 16.3. The topological polar surface area (TPSA) is 62.7 Å². The number of rotatable bonds is 4. The van der Waals surface area contributed by atoms with Gasteiger partial charge in [0.15, 0.2) is 5.76 Å². The molecule has 1 saturated heterocycles. The third-order valence-corrected chi connectivity index (χ3v) is 4.86. The maximum absolute atomic E-state index is 13.1. The predicted molar refractivity (Wildman–Crippen MR) is 95.9 cm³/mol. The zero-order valence-electron chi connectivity index (χ0n) is 14.8. The monoisotopic (exact) mass is 329 g/mol. The van der Waals surface area contributed by atoms with Crippen molar-refractivity contribution in [1.82, 2.24) is 9.80 Å². The third-order valence-electron chi connectivity index (χ3n) is 4.86. The molecule has 2 unspecified atom stereocenters. The fourth-order valence-electron chi connectivity index (χ4n) is 3.51. The highest BCUT2D eigenvalue weighted by Gasteiger charge is 2.30. The first-order valence-electron chi connectivity index (χ1n) is 8.67. The molecule has 1 amide bonds. The average molecular weight is 329 g/mol. The molecule has 1 aromatic heterocycles. The van der Waals surface area contributed by atoms with Crippen LogP contribution in [0.5, 0.6) is 0 Å². The Kier molecular flexibility index (Phi) is 4.92. The van der Waals surface area contributed by atoms with Gasteiger partial charge in [-0.15, -0.1) is 0 Å². The van der Waals surface area contributed by atoms with Crippen molar-refractivity contribution in [2.75, 3.05) is 27.2 Å². The van der Waals surface area contributed by atoms with Crippen molar-refractivity contribution < 1.29 is 9.21 Å². The largest absolute Gasteiger partial charge is 0.451 e. The van der Waals surface area contributed by atoms with E-state index >= 15 is 0 Å². The summed E-state index contributed by atoms with van der Waals surface area (Å²) in [6.45, 7) is 4.20. The molecule has 1 fully saturated rings. The standard InChI is InChI=1S/C19H27N3O2/c1-13(20)14-7-6-10-22(11-14)19(23)18-16(12-21(2)3)15-8-4-5-9-17(15)24-18/h4-5,8-9,13-14H,6-7,10-12,20H2,1-3H3. The fourth-order valence-corrected chi connectivity index (χ4v) is 3.51. The maximum Gasteiger partial charge on any atom is 0.289 e. The second-order valence-electron chi connectivity index (χ2n) is 7.16. The number of hydrogen-bond donors (Lipinski definition) is 1. The smallest absolute Gasteiger partial charge is 0.289 e. The van der Waals surface area contributed by atoms with Crippen molar-refractivity contribution in [3.05, 3.63) is 35.6 Å². The molecular formula is C19H27N3O2. The Bertz CT molecular complexity index is 720. The summed E-state index contributed by atoms with van der Waals surface area (Å²) in [7, 11) is 4.01. The van der Waals surface area contributed by atoms with Gasteiger partial charge in [-0.05, 0) is 45.8 Å². The van der Waals surface area contributed by atoms with Gasteiger partial charge in [-0.25, -0.2) is 0 Å². The highest BCUT2D eigenvalue weighted by molar-refractivity contribution is 5.99. The second kappa shape index (κ2) is 6.95. The van der Waals surface area contributed by atoms with E-state index < -0.39 is 0 Å². The molecule has 130 valence electrons. The molecule has 5 nitrogen and oxygen atoms in total. The van der Waals surface area contributed by atoms with Crippen molar-refractivity contribution >= 4 is 16.9 Å². The van der Waals surface area contributed by atoms with Crippen LogP contribution in [0.2, 0.25) is 0 Å². The number of benzene rings is 1. The van der Waals surface area contributed by atoms with Crippen LogP contribution in [0.3, 0.4) is 0 Å². The molecule has 0 bridgehead atoms. The molecule has 1 aliphatic heterocycles. The summed E-state index contributed by atoms with van der Waals surface area (Å²) in [5, 5.41) is 1.02. The van der Waals surface area contributed by atoms with Crippen LogP contribution in [0.25, 0.3) is 11.0 Å². The predicted octanol–water partition coefficient (Wildman–Crippen LogP) is 2.69. The summed E-state index contributed by atoms with van der Waals surface area (Å²) < 4.78 is 5.96. The maximum atomic E-state index is 13.1. The molecule has 2 atom stereocenters. The van der Waals surface area contributed by atoms with E-state index in [4.69, 9.17) is 10.2 Å². The lowest BCUT2D eigenvalue weighted by Gasteiger charge is -2.34. The molecule has 2 aromatic rings. The van der Waals surface area contributed by atoms with Gasteiger partial charge in [0, 0.05) is 36.6 Å². The number of carbonyl (C=O) groups is 1. The SMILES string of the molecule is CC(N)C1CCCN(C(=O)c2oc3ccccc3c2CN(C)C)C1. The quantitative estimate of drug-likeness (QED) is 0.937. The summed E-state index contributed by atoms with van der Waals surface area (Å²) >= 11 is 0. The van der Waals surface area contributed by atoms with Gasteiger partial charge in [0.1, 0.15) is 5.58 Å². The van der Waals surface area contributed by atoms with Gasteiger partial charge in [0.25, 0.3) is 5.91 Å². The molecule has 2 N–H and O–H groups in total. The number of nitrogens with zero attached hydrogens (tertiary/aromatic N) is 2. The zero-order valence-corrected chi connectivity index (χ0v) is 14.8. The van der Waals surface area contributed by atoms with Gasteiger partial charge in [0.05, 0.1) is 0 Å². The Morgan fingerprint density at radius 2 is 2.17 bits per heavy atom. The van der Waals surface area contributed by atoms with Gasteiger partial charge in [-0.3, -0.25) is 4.79 Å². The van der Waals surface area contributed by atoms with Crippen molar-refractivity contribution in [3.63, 3.8) is 0 Å². The number of piperidine rings is 1. The number of likely N-dealkylation sites (tertiary alicyclic amines) is 1. The van der Waals surface area contributed by atoms with Crippen LogP contribution in [-0.4, -0.2) is 48.9 Å². The number of fused-ring (bicyclic) bond motifs is 1. The summed E-state index contributed by atoms with van der Waals surface area (Å²) in [5.74, 6) is 0.841. The first-order chi connectivity index (χ1) is 11.5. The lowest BCUT2D eigenvalue weighted by atomic mass is 9.92. The van der Waals surface area contributed by atoms with Gasteiger partial charge in [0.2, 0.25) is 0 Å². The average Bonchev–Trinajstić information content (AvgIpc) is 2.92. The van der Waals surface area contributed by atoms with E-state index in [0.29, 0.717) is 18.2 Å². The number of amides is 1. The number of nitrogens with two attached hydrogens (primary N) is 1. The van der Waals surface area contributed by atoms with E-state index in [0.717, 1.165) is 42.5 Å². The van der Waals surface area contributed by atoms with E-state index in [1.54, 1.807) is 0 Å². The normalized spacial score (nSPS) is 19.9. The summed E-state index contributed by atoms with van der Waals surface area (Å²) in [5.41, 5.74) is 7.81. The Labute approximate surface area is 143 Å². The van der Waals surface area contributed by atoms with Crippen LogP contribution in [-0.2, 0) is 6.54 Å². The third kappa shape index (κ3) is 3.32. The minimum absolute atomic E-state index is 0.00611. The van der Waals surface area contributed by atoms with E-state index in [2.05, 4.69) is 4.90 Å². The highest BCUT2D eigenvalue weighted by Crippen LogP contribution is 2.29. The number of hydrogen-bond acceptors (Lipinski definition) is 4. The Hall–Kier alpha value is -1.85. The Balaban J connectivity index is 1.94. The molecule has 0 spiro atoms. The molecule has 1 aliphatic rings. The Morgan fingerprint density at radius 3 is 2.88 bits per heavy atom. The van der Waals surface area contributed by atoms with Crippen LogP contribution >= 0.6 is 0 Å². The zero-order chi connectivity index (χ0) is 17.3. The summed E-state index contributed by atoms with van der Waals surface area (Å²) in [6, 6.07) is 7.98. The number of para-hydroxylation sites is 1. The van der Waals surface area contributed by atoms with Gasteiger partial charge in [-0.2, -0.15) is 0 Å². The second-order valence-corrected chi connectivity index (χ2v) is 7.16. The van der Waals surface area contributed by atoms with Crippen molar-refractivity contribution in [2.45, 2.75) is 32.4 Å². The van der Waals surface area contributed by atoms with Crippen molar-refractivity contribution in [2.24, 2.45) is 11.7 Å². The molecule has 1 aromatic carbocycles. The summed E-state index contributed by atoms with van der Waals surface area (Å²) in [6.07, 6.45) is 2.09. The van der Waals surface area contributed by atoms with Crippen molar-refractivity contribution in [3.8, 4) is 0 Å². The molecule has 0 saturated carbocycles. The molecule has 5 heteroatoms.